The monoisotopic (exact) mass is 371 g/mol. The van der Waals surface area contributed by atoms with E-state index in [9.17, 15) is 9.90 Å². The molecular formula is C20H25N3O4. The van der Waals surface area contributed by atoms with Gasteiger partial charge >= 0.3 is 0 Å². The SMILES string of the molecule is COc1ccccc1OC(C)(C)C(=O)N1C[C@@H](Cc2cnccn2)[C@H](O)C1. The van der Waals surface area contributed by atoms with Crippen LogP contribution in [0.1, 0.15) is 19.5 Å². The number of amides is 1. The predicted molar refractivity (Wildman–Crippen MR) is 99.5 cm³/mol. The van der Waals surface area contributed by atoms with Gasteiger partial charge in [-0.2, -0.15) is 0 Å². The average Bonchev–Trinajstić information content (AvgIpc) is 3.02. The van der Waals surface area contributed by atoms with Crippen molar-refractivity contribution in [2.24, 2.45) is 5.92 Å². The fourth-order valence-electron chi connectivity index (χ4n) is 3.33. The third-order valence-corrected chi connectivity index (χ3v) is 4.73. The number of aliphatic hydroxyl groups is 1. The number of rotatable bonds is 6. The van der Waals surface area contributed by atoms with Gasteiger partial charge in [0.05, 0.1) is 18.9 Å². The number of methoxy groups -OCH3 is 1. The summed E-state index contributed by atoms with van der Waals surface area (Å²) in [6.45, 7) is 4.19. The Labute approximate surface area is 159 Å². The number of hydrogen-bond donors (Lipinski definition) is 1. The van der Waals surface area contributed by atoms with E-state index in [1.54, 1.807) is 56.6 Å². The molecule has 1 aromatic carbocycles. The molecule has 7 nitrogen and oxygen atoms in total. The molecule has 7 heteroatoms. The van der Waals surface area contributed by atoms with Crippen LogP contribution in [-0.4, -0.2) is 57.8 Å². The first-order valence-electron chi connectivity index (χ1n) is 8.95. The van der Waals surface area contributed by atoms with Gasteiger partial charge in [0.25, 0.3) is 5.91 Å². The second-order valence-electron chi connectivity index (χ2n) is 7.20. The van der Waals surface area contributed by atoms with Crippen LogP contribution in [-0.2, 0) is 11.2 Å². The molecule has 2 atom stereocenters. The quantitative estimate of drug-likeness (QED) is 0.832. The van der Waals surface area contributed by atoms with Crippen molar-refractivity contribution in [2.45, 2.75) is 32.0 Å². The number of para-hydroxylation sites is 2. The molecule has 2 aromatic rings. The number of hydrogen-bond acceptors (Lipinski definition) is 6. The van der Waals surface area contributed by atoms with Gasteiger partial charge in [0.2, 0.25) is 0 Å². The zero-order valence-electron chi connectivity index (χ0n) is 15.8. The van der Waals surface area contributed by atoms with Crippen LogP contribution in [0, 0.1) is 5.92 Å². The Morgan fingerprint density at radius 1 is 1.26 bits per heavy atom. The van der Waals surface area contributed by atoms with Crippen LogP contribution < -0.4 is 9.47 Å². The normalized spacial score (nSPS) is 19.8. The molecule has 1 aliphatic heterocycles. The second-order valence-corrected chi connectivity index (χ2v) is 7.20. The number of carbonyl (C=O) groups excluding carboxylic acids is 1. The number of likely N-dealkylation sites (tertiary alicyclic amines) is 1. The highest BCUT2D eigenvalue weighted by Gasteiger charge is 2.41. The van der Waals surface area contributed by atoms with Crippen LogP contribution in [0.2, 0.25) is 0 Å². The van der Waals surface area contributed by atoms with Crippen LogP contribution in [0.25, 0.3) is 0 Å². The van der Waals surface area contributed by atoms with Gasteiger partial charge in [-0.15, -0.1) is 0 Å². The Morgan fingerprint density at radius 3 is 2.67 bits per heavy atom. The molecule has 2 heterocycles. The van der Waals surface area contributed by atoms with E-state index in [1.165, 1.54) is 0 Å². The third-order valence-electron chi connectivity index (χ3n) is 4.73. The molecule has 1 aromatic heterocycles. The molecule has 1 fully saturated rings. The van der Waals surface area contributed by atoms with Crippen molar-refractivity contribution in [2.75, 3.05) is 20.2 Å². The Balaban J connectivity index is 1.67. The Morgan fingerprint density at radius 2 is 2.00 bits per heavy atom. The molecular weight excluding hydrogens is 346 g/mol. The van der Waals surface area contributed by atoms with E-state index >= 15 is 0 Å². The molecule has 0 unspecified atom stereocenters. The van der Waals surface area contributed by atoms with Gasteiger partial charge in [-0.3, -0.25) is 14.8 Å². The van der Waals surface area contributed by atoms with Crippen molar-refractivity contribution >= 4 is 5.91 Å². The van der Waals surface area contributed by atoms with Crippen LogP contribution in [0.5, 0.6) is 11.5 Å². The fourth-order valence-corrected chi connectivity index (χ4v) is 3.33. The lowest BCUT2D eigenvalue weighted by atomic mass is 10.0. The topological polar surface area (TPSA) is 84.8 Å². The maximum atomic E-state index is 13.0. The van der Waals surface area contributed by atoms with Crippen molar-refractivity contribution < 1.29 is 19.4 Å². The summed E-state index contributed by atoms with van der Waals surface area (Å²) in [7, 11) is 1.56. The van der Waals surface area contributed by atoms with Gasteiger partial charge in [-0.1, -0.05) is 12.1 Å². The zero-order valence-corrected chi connectivity index (χ0v) is 15.8. The lowest BCUT2D eigenvalue weighted by molar-refractivity contribution is -0.144. The minimum Gasteiger partial charge on any atom is -0.493 e. The number of ether oxygens (including phenoxy) is 2. The lowest BCUT2D eigenvalue weighted by Crippen LogP contribution is -2.48. The van der Waals surface area contributed by atoms with Crippen LogP contribution in [0.4, 0.5) is 0 Å². The summed E-state index contributed by atoms with van der Waals surface area (Å²) >= 11 is 0. The number of β-amino-alcohol motifs (C(OH)–C–C–N with tert-alkyl or cyclic N) is 1. The maximum Gasteiger partial charge on any atom is 0.266 e. The number of nitrogens with zero attached hydrogens (tertiary/aromatic N) is 3. The molecule has 3 rings (SSSR count). The molecule has 1 aliphatic rings. The van der Waals surface area contributed by atoms with E-state index in [0.717, 1.165) is 5.69 Å². The van der Waals surface area contributed by atoms with Crippen LogP contribution in [0.3, 0.4) is 0 Å². The predicted octanol–water partition coefficient (Wildman–Crippen LogP) is 1.70. The summed E-state index contributed by atoms with van der Waals surface area (Å²) in [5, 5.41) is 10.4. The smallest absolute Gasteiger partial charge is 0.266 e. The van der Waals surface area contributed by atoms with Gasteiger partial charge < -0.3 is 19.5 Å². The number of carbonyl (C=O) groups is 1. The average molecular weight is 371 g/mol. The molecule has 1 amide bonds. The van der Waals surface area contributed by atoms with E-state index in [1.807, 2.05) is 12.1 Å². The van der Waals surface area contributed by atoms with Crippen molar-refractivity contribution in [3.63, 3.8) is 0 Å². The van der Waals surface area contributed by atoms with Gasteiger partial charge in [-0.05, 0) is 32.4 Å². The molecule has 0 bridgehead atoms. The van der Waals surface area contributed by atoms with Crippen LogP contribution in [0.15, 0.2) is 42.9 Å². The number of aromatic nitrogens is 2. The molecule has 1 saturated heterocycles. The first-order valence-corrected chi connectivity index (χ1v) is 8.95. The largest absolute Gasteiger partial charge is 0.493 e. The summed E-state index contributed by atoms with van der Waals surface area (Å²) in [6, 6.07) is 7.22. The summed E-state index contributed by atoms with van der Waals surface area (Å²) in [4.78, 5) is 23.0. The standard InChI is InChI=1S/C20H25N3O4/c1-20(2,27-18-7-5-4-6-17(18)26-3)19(25)23-12-14(16(24)13-23)10-15-11-21-8-9-22-15/h4-9,11,14,16,24H,10,12-13H2,1-3H3/t14-,16-/m1/s1. The van der Waals surface area contributed by atoms with Gasteiger partial charge in [-0.25, -0.2) is 0 Å². The Bertz CT molecular complexity index is 782. The van der Waals surface area contributed by atoms with E-state index in [4.69, 9.17) is 9.47 Å². The molecule has 0 aliphatic carbocycles. The highest BCUT2D eigenvalue weighted by Crippen LogP contribution is 2.31. The van der Waals surface area contributed by atoms with E-state index < -0.39 is 11.7 Å². The van der Waals surface area contributed by atoms with E-state index in [-0.39, 0.29) is 18.4 Å². The highest BCUT2D eigenvalue weighted by atomic mass is 16.5. The van der Waals surface area contributed by atoms with Gasteiger partial charge in [0, 0.05) is 37.6 Å². The summed E-state index contributed by atoms with van der Waals surface area (Å²) in [5.74, 6) is 0.830. The van der Waals surface area contributed by atoms with Crippen molar-refractivity contribution in [1.82, 2.24) is 14.9 Å². The van der Waals surface area contributed by atoms with E-state index in [0.29, 0.717) is 24.5 Å². The Hall–Kier alpha value is -2.67. The summed E-state index contributed by atoms with van der Waals surface area (Å²) in [5.41, 5.74) is -0.282. The third kappa shape index (κ3) is 4.36. The molecule has 144 valence electrons. The number of aliphatic hydroxyl groups excluding tert-OH is 1. The number of benzene rings is 1. The van der Waals surface area contributed by atoms with Crippen molar-refractivity contribution in [3.05, 3.63) is 48.5 Å². The molecule has 27 heavy (non-hydrogen) atoms. The van der Waals surface area contributed by atoms with Crippen molar-refractivity contribution in [1.29, 1.82) is 0 Å². The summed E-state index contributed by atoms with van der Waals surface area (Å²) in [6.07, 6.45) is 4.91. The summed E-state index contributed by atoms with van der Waals surface area (Å²) < 4.78 is 11.3. The maximum absolute atomic E-state index is 13.0. The highest BCUT2D eigenvalue weighted by molar-refractivity contribution is 5.85. The molecule has 0 radical (unpaired) electrons. The molecule has 0 saturated carbocycles. The molecule has 0 spiro atoms. The van der Waals surface area contributed by atoms with Crippen LogP contribution >= 0.6 is 0 Å². The van der Waals surface area contributed by atoms with Crippen molar-refractivity contribution in [3.8, 4) is 11.5 Å². The minimum atomic E-state index is -1.09. The van der Waals surface area contributed by atoms with Gasteiger partial charge in [0.1, 0.15) is 0 Å². The fraction of sp³-hybridized carbons (Fsp3) is 0.450. The first-order chi connectivity index (χ1) is 12.9. The second kappa shape index (κ2) is 7.92. The lowest BCUT2D eigenvalue weighted by Gasteiger charge is -2.30. The first kappa shape index (κ1) is 19.1. The minimum absolute atomic E-state index is 0.0762. The zero-order chi connectivity index (χ0) is 19.4. The molecule has 1 N–H and O–H groups in total. The Kier molecular flexibility index (Phi) is 5.60. The van der Waals surface area contributed by atoms with E-state index in [2.05, 4.69) is 9.97 Å². The van der Waals surface area contributed by atoms with Gasteiger partial charge in [0.15, 0.2) is 17.1 Å².